The smallest absolute Gasteiger partial charge is 0.139 e. The van der Waals surface area contributed by atoms with Gasteiger partial charge in [-0.1, -0.05) is 6.42 Å². The van der Waals surface area contributed by atoms with Crippen LogP contribution in [0.25, 0.3) is 0 Å². The number of likely N-dealkylation sites (tertiary alicyclic amines) is 1. The molecule has 106 valence electrons. The van der Waals surface area contributed by atoms with E-state index in [1.54, 1.807) is 6.07 Å². The zero-order chi connectivity index (χ0) is 13.8. The maximum Gasteiger partial charge on any atom is 0.139 e. The molecule has 2 rings (SSSR count). The normalized spacial score (nSPS) is 18.3. The fourth-order valence-corrected chi connectivity index (χ4v) is 2.89. The lowest BCUT2D eigenvalue weighted by atomic mass is 10.1. The van der Waals surface area contributed by atoms with Crippen LogP contribution in [-0.2, 0) is 0 Å². The Morgan fingerprint density at radius 3 is 2.74 bits per heavy atom. The van der Waals surface area contributed by atoms with Crippen molar-refractivity contribution >= 4 is 27.3 Å². The van der Waals surface area contributed by atoms with Crippen LogP contribution in [-0.4, -0.2) is 30.6 Å². The average molecular weight is 330 g/mol. The van der Waals surface area contributed by atoms with E-state index in [1.807, 2.05) is 0 Å². The maximum atomic E-state index is 13.5. The molecule has 1 saturated heterocycles. The highest BCUT2D eigenvalue weighted by molar-refractivity contribution is 9.10. The quantitative estimate of drug-likeness (QED) is 0.831. The molecular formula is C14H21BrFN3. The van der Waals surface area contributed by atoms with E-state index in [-0.39, 0.29) is 11.9 Å². The molecule has 1 aliphatic rings. The number of benzene rings is 1. The van der Waals surface area contributed by atoms with E-state index in [4.69, 9.17) is 5.73 Å². The maximum absolute atomic E-state index is 13.5. The molecular weight excluding hydrogens is 309 g/mol. The number of hydrogen-bond acceptors (Lipinski definition) is 3. The van der Waals surface area contributed by atoms with Gasteiger partial charge in [0.2, 0.25) is 0 Å². The van der Waals surface area contributed by atoms with Crippen molar-refractivity contribution in [1.82, 2.24) is 4.90 Å². The second-order valence-electron chi connectivity index (χ2n) is 5.26. The highest BCUT2D eigenvalue weighted by atomic mass is 79.9. The first-order valence-electron chi connectivity index (χ1n) is 6.79. The van der Waals surface area contributed by atoms with E-state index in [2.05, 4.69) is 33.1 Å². The van der Waals surface area contributed by atoms with Gasteiger partial charge in [0.1, 0.15) is 5.82 Å². The van der Waals surface area contributed by atoms with Crippen LogP contribution in [0.5, 0.6) is 0 Å². The molecule has 0 aromatic heterocycles. The predicted molar refractivity (Wildman–Crippen MR) is 81.9 cm³/mol. The Labute approximate surface area is 122 Å². The second-order valence-corrected chi connectivity index (χ2v) is 6.11. The third-order valence-electron chi connectivity index (χ3n) is 3.48. The van der Waals surface area contributed by atoms with Crippen LogP contribution in [0.1, 0.15) is 26.2 Å². The molecule has 0 saturated carbocycles. The summed E-state index contributed by atoms with van der Waals surface area (Å²) in [6.45, 7) is 5.40. The van der Waals surface area contributed by atoms with Crippen molar-refractivity contribution in [1.29, 1.82) is 0 Å². The van der Waals surface area contributed by atoms with E-state index < -0.39 is 0 Å². The summed E-state index contributed by atoms with van der Waals surface area (Å²) in [7, 11) is 0. The molecule has 0 bridgehead atoms. The first-order chi connectivity index (χ1) is 9.06. The van der Waals surface area contributed by atoms with Crippen molar-refractivity contribution in [2.45, 2.75) is 32.2 Å². The first kappa shape index (κ1) is 14.6. The molecule has 1 aromatic carbocycles. The van der Waals surface area contributed by atoms with Gasteiger partial charge in [-0.2, -0.15) is 0 Å². The number of piperidine rings is 1. The molecule has 0 radical (unpaired) electrons. The number of nitrogens with one attached hydrogen (secondary N) is 1. The Balaban J connectivity index is 1.94. The highest BCUT2D eigenvalue weighted by Gasteiger charge is 2.14. The standard InChI is InChI=1S/C14H21BrFN3/c1-10(9-19-5-3-2-4-6-19)18-14-8-12(16)11(15)7-13(14)17/h7-8,10,18H,2-6,9,17H2,1H3. The van der Waals surface area contributed by atoms with E-state index >= 15 is 0 Å². The van der Waals surface area contributed by atoms with Crippen molar-refractivity contribution in [2.75, 3.05) is 30.7 Å². The van der Waals surface area contributed by atoms with Gasteiger partial charge < -0.3 is 16.0 Å². The summed E-state index contributed by atoms with van der Waals surface area (Å²) in [5.74, 6) is -0.290. The topological polar surface area (TPSA) is 41.3 Å². The number of nitrogens with two attached hydrogens (primary N) is 1. The van der Waals surface area contributed by atoms with Gasteiger partial charge in [0.25, 0.3) is 0 Å². The minimum Gasteiger partial charge on any atom is -0.397 e. The SMILES string of the molecule is CC(CN1CCCCC1)Nc1cc(F)c(Br)cc1N. The Bertz CT molecular complexity index is 433. The summed E-state index contributed by atoms with van der Waals surface area (Å²) < 4.78 is 13.9. The van der Waals surface area contributed by atoms with Gasteiger partial charge in [0, 0.05) is 18.7 Å². The van der Waals surface area contributed by atoms with Gasteiger partial charge in [-0.05, 0) is 54.9 Å². The van der Waals surface area contributed by atoms with Crippen LogP contribution in [0, 0.1) is 5.82 Å². The van der Waals surface area contributed by atoms with E-state index in [0.29, 0.717) is 15.8 Å². The monoisotopic (exact) mass is 329 g/mol. The largest absolute Gasteiger partial charge is 0.397 e. The number of rotatable bonds is 4. The molecule has 1 aliphatic heterocycles. The molecule has 1 atom stereocenters. The number of hydrogen-bond donors (Lipinski definition) is 2. The van der Waals surface area contributed by atoms with E-state index in [0.717, 1.165) is 19.6 Å². The number of halogens is 2. The van der Waals surface area contributed by atoms with Gasteiger partial charge in [0.15, 0.2) is 0 Å². The molecule has 1 heterocycles. The Kier molecular flexibility index (Phi) is 5.05. The average Bonchev–Trinajstić information content (AvgIpc) is 2.37. The lowest BCUT2D eigenvalue weighted by Gasteiger charge is -2.30. The van der Waals surface area contributed by atoms with Gasteiger partial charge in [0.05, 0.1) is 15.8 Å². The predicted octanol–water partition coefficient (Wildman–Crippen LogP) is 3.46. The van der Waals surface area contributed by atoms with Crippen LogP contribution in [0.4, 0.5) is 15.8 Å². The molecule has 3 N–H and O–H groups in total. The third-order valence-corrected chi connectivity index (χ3v) is 4.08. The van der Waals surface area contributed by atoms with E-state index in [1.165, 1.54) is 25.3 Å². The molecule has 0 aliphatic carbocycles. The Morgan fingerprint density at radius 2 is 2.05 bits per heavy atom. The zero-order valence-corrected chi connectivity index (χ0v) is 12.8. The number of anilines is 2. The lowest BCUT2D eigenvalue weighted by Crippen LogP contribution is -2.38. The molecule has 1 aromatic rings. The van der Waals surface area contributed by atoms with Crippen molar-refractivity contribution < 1.29 is 4.39 Å². The second kappa shape index (κ2) is 6.57. The minimum atomic E-state index is -0.290. The zero-order valence-electron chi connectivity index (χ0n) is 11.3. The van der Waals surface area contributed by atoms with Gasteiger partial charge in [-0.15, -0.1) is 0 Å². The fourth-order valence-electron chi connectivity index (χ4n) is 2.53. The van der Waals surface area contributed by atoms with Gasteiger partial charge in [-0.3, -0.25) is 0 Å². The van der Waals surface area contributed by atoms with Crippen molar-refractivity contribution in [3.63, 3.8) is 0 Å². The summed E-state index contributed by atoms with van der Waals surface area (Å²) in [6.07, 6.45) is 3.90. The summed E-state index contributed by atoms with van der Waals surface area (Å²) in [4.78, 5) is 2.45. The molecule has 1 unspecified atom stereocenters. The fraction of sp³-hybridized carbons (Fsp3) is 0.571. The van der Waals surface area contributed by atoms with Crippen LogP contribution in [0.3, 0.4) is 0 Å². The van der Waals surface area contributed by atoms with Gasteiger partial charge >= 0.3 is 0 Å². The molecule has 1 fully saturated rings. The van der Waals surface area contributed by atoms with Crippen LogP contribution in [0.2, 0.25) is 0 Å². The molecule has 5 heteroatoms. The molecule has 19 heavy (non-hydrogen) atoms. The number of nitrogen functional groups attached to an aromatic ring is 1. The Morgan fingerprint density at radius 1 is 1.37 bits per heavy atom. The van der Waals surface area contributed by atoms with Crippen LogP contribution in [0.15, 0.2) is 16.6 Å². The summed E-state index contributed by atoms with van der Waals surface area (Å²) in [6, 6.07) is 3.30. The van der Waals surface area contributed by atoms with Crippen molar-refractivity contribution in [3.8, 4) is 0 Å². The highest BCUT2D eigenvalue weighted by Crippen LogP contribution is 2.27. The Hall–Kier alpha value is -0.810. The third kappa shape index (κ3) is 4.08. The van der Waals surface area contributed by atoms with Crippen LogP contribution < -0.4 is 11.1 Å². The lowest BCUT2D eigenvalue weighted by molar-refractivity contribution is 0.223. The summed E-state index contributed by atoms with van der Waals surface area (Å²) in [5.41, 5.74) is 7.14. The van der Waals surface area contributed by atoms with E-state index in [9.17, 15) is 4.39 Å². The first-order valence-corrected chi connectivity index (χ1v) is 7.59. The molecule has 3 nitrogen and oxygen atoms in total. The van der Waals surface area contributed by atoms with Crippen molar-refractivity contribution in [3.05, 3.63) is 22.4 Å². The molecule has 0 amide bonds. The van der Waals surface area contributed by atoms with Crippen LogP contribution >= 0.6 is 15.9 Å². The minimum absolute atomic E-state index is 0.251. The molecule has 0 spiro atoms. The summed E-state index contributed by atoms with van der Waals surface area (Å²) >= 11 is 3.14. The van der Waals surface area contributed by atoms with Crippen molar-refractivity contribution in [2.24, 2.45) is 0 Å². The summed E-state index contributed by atoms with van der Waals surface area (Å²) in [5, 5.41) is 3.30. The van der Waals surface area contributed by atoms with Gasteiger partial charge in [-0.25, -0.2) is 4.39 Å². The number of nitrogens with zero attached hydrogens (tertiary/aromatic N) is 1.